The van der Waals surface area contributed by atoms with Crippen LogP contribution in [0.15, 0.2) is 22.9 Å². The number of rotatable bonds is 9. The second-order valence-electron chi connectivity index (χ2n) is 9.93. The normalized spacial score (nSPS) is 20.4. The van der Waals surface area contributed by atoms with E-state index in [0.717, 1.165) is 32.2 Å². The number of aliphatic carboxylic acids is 1. The second-order valence-corrected chi connectivity index (χ2v) is 9.93. The molecule has 1 heterocycles. The lowest BCUT2D eigenvalue weighted by molar-refractivity contribution is -0.137. The van der Waals surface area contributed by atoms with E-state index in [0.29, 0.717) is 6.42 Å². The average molecular weight is 447 g/mol. The van der Waals surface area contributed by atoms with Gasteiger partial charge in [-0.05, 0) is 75.4 Å². The van der Waals surface area contributed by atoms with Crippen LogP contribution in [0.25, 0.3) is 0 Å². The third kappa shape index (κ3) is 12.7. The smallest absolute Gasteiger partial charge is 0.303 e. The molecule has 4 nitrogen and oxygen atoms in total. The second kappa shape index (κ2) is 18.2. The van der Waals surface area contributed by atoms with Gasteiger partial charge in [0.25, 0.3) is 0 Å². The van der Waals surface area contributed by atoms with Crippen molar-refractivity contribution in [2.45, 2.75) is 141 Å². The van der Waals surface area contributed by atoms with Crippen LogP contribution in [0.3, 0.4) is 0 Å². The molecular formula is C28H50N2O2. The van der Waals surface area contributed by atoms with Gasteiger partial charge in [0.2, 0.25) is 0 Å². The van der Waals surface area contributed by atoms with Gasteiger partial charge in [-0.2, -0.15) is 0 Å². The highest BCUT2D eigenvalue weighted by Crippen LogP contribution is 2.30. The molecule has 3 N–H and O–H groups in total. The fourth-order valence-corrected chi connectivity index (χ4v) is 5.11. The zero-order valence-corrected chi connectivity index (χ0v) is 20.7. The van der Waals surface area contributed by atoms with E-state index in [9.17, 15) is 4.79 Å². The first-order chi connectivity index (χ1) is 15.8. The molecule has 1 aliphatic heterocycles. The average Bonchev–Trinajstić information content (AvgIpc) is 2.88. The molecule has 4 heteroatoms. The molecule has 0 radical (unpaired) electrons. The first-order valence-electron chi connectivity index (χ1n) is 13.9. The van der Waals surface area contributed by atoms with Crippen LogP contribution >= 0.6 is 0 Å². The number of carboxylic acids is 1. The van der Waals surface area contributed by atoms with Crippen LogP contribution in [-0.4, -0.2) is 17.6 Å². The van der Waals surface area contributed by atoms with Crippen molar-refractivity contribution in [1.29, 1.82) is 0 Å². The molecular weight excluding hydrogens is 396 g/mol. The zero-order chi connectivity index (χ0) is 22.7. The van der Waals surface area contributed by atoms with Gasteiger partial charge in [0, 0.05) is 18.7 Å². The molecule has 0 saturated carbocycles. The standard InChI is InChI=1S/C28H50N2O2/c31-28(32)23-17-11-5-10-16-22-27-26(21-15-9-6-12-18-24-29-30-27)25-19-13-7-3-1-2-4-8-14-20-25/h19,29-30H,1-18,20-24H2,(H,31,32). The highest BCUT2D eigenvalue weighted by atomic mass is 16.4. The first-order valence-corrected chi connectivity index (χ1v) is 13.9. The van der Waals surface area contributed by atoms with Gasteiger partial charge in [-0.25, -0.2) is 5.43 Å². The summed E-state index contributed by atoms with van der Waals surface area (Å²) in [5, 5.41) is 8.81. The summed E-state index contributed by atoms with van der Waals surface area (Å²) in [5.74, 6) is -0.665. The van der Waals surface area contributed by atoms with Crippen LogP contribution in [0.4, 0.5) is 0 Å². The molecule has 0 amide bonds. The number of hydrazine groups is 1. The molecule has 0 fully saturated rings. The van der Waals surface area contributed by atoms with Crippen molar-refractivity contribution in [3.63, 3.8) is 0 Å². The van der Waals surface area contributed by atoms with E-state index in [-0.39, 0.29) is 0 Å². The van der Waals surface area contributed by atoms with Gasteiger partial charge < -0.3 is 10.5 Å². The Kier molecular flexibility index (Phi) is 15.3. The minimum atomic E-state index is -0.665. The summed E-state index contributed by atoms with van der Waals surface area (Å²) < 4.78 is 0. The predicted octanol–water partition coefficient (Wildman–Crippen LogP) is 7.96. The minimum absolute atomic E-state index is 0.314. The number of hydrogen-bond acceptors (Lipinski definition) is 3. The largest absolute Gasteiger partial charge is 0.481 e. The van der Waals surface area contributed by atoms with E-state index in [1.807, 2.05) is 0 Å². The Bertz CT molecular complexity index is 568. The van der Waals surface area contributed by atoms with Crippen LogP contribution < -0.4 is 10.9 Å². The van der Waals surface area contributed by atoms with Crippen molar-refractivity contribution in [2.24, 2.45) is 0 Å². The highest BCUT2D eigenvalue weighted by Gasteiger charge is 2.14. The monoisotopic (exact) mass is 446 g/mol. The Hall–Kier alpha value is -1.29. The van der Waals surface area contributed by atoms with Gasteiger partial charge in [0.15, 0.2) is 0 Å². The lowest BCUT2D eigenvalue weighted by atomic mass is 9.90. The van der Waals surface area contributed by atoms with Gasteiger partial charge in [0.1, 0.15) is 0 Å². The summed E-state index contributed by atoms with van der Waals surface area (Å²) in [6.45, 7) is 1.05. The van der Waals surface area contributed by atoms with Crippen molar-refractivity contribution in [3.05, 3.63) is 22.9 Å². The lowest BCUT2D eigenvalue weighted by Crippen LogP contribution is -2.33. The number of nitrogens with one attached hydrogen (secondary N) is 2. The van der Waals surface area contributed by atoms with E-state index < -0.39 is 5.97 Å². The quantitative estimate of drug-likeness (QED) is 0.314. The predicted molar refractivity (Wildman–Crippen MR) is 135 cm³/mol. The van der Waals surface area contributed by atoms with Crippen LogP contribution in [0.1, 0.15) is 141 Å². The Morgan fingerprint density at radius 1 is 0.750 bits per heavy atom. The highest BCUT2D eigenvalue weighted by molar-refractivity contribution is 5.66. The topological polar surface area (TPSA) is 61.4 Å². The molecule has 32 heavy (non-hydrogen) atoms. The van der Waals surface area contributed by atoms with E-state index >= 15 is 0 Å². The molecule has 0 bridgehead atoms. The summed E-state index contributed by atoms with van der Waals surface area (Å²) in [6.07, 6.45) is 29.4. The van der Waals surface area contributed by atoms with Crippen LogP contribution in [0, 0.1) is 0 Å². The Labute approximate surface area is 197 Å². The summed E-state index contributed by atoms with van der Waals surface area (Å²) in [5.41, 5.74) is 11.9. The van der Waals surface area contributed by atoms with Crippen molar-refractivity contribution < 1.29 is 9.90 Å². The summed E-state index contributed by atoms with van der Waals surface area (Å²) in [7, 11) is 0. The molecule has 0 aromatic heterocycles. The molecule has 0 atom stereocenters. The number of carbonyl (C=O) groups is 1. The molecule has 2 rings (SSSR count). The molecule has 0 aromatic rings. The lowest BCUT2D eigenvalue weighted by Gasteiger charge is -2.21. The van der Waals surface area contributed by atoms with E-state index in [1.165, 1.54) is 115 Å². The van der Waals surface area contributed by atoms with Crippen LogP contribution in [-0.2, 0) is 4.79 Å². The van der Waals surface area contributed by atoms with E-state index in [4.69, 9.17) is 5.11 Å². The Balaban J connectivity index is 2.04. The first kappa shape index (κ1) is 27.0. The Morgan fingerprint density at radius 2 is 1.38 bits per heavy atom. The van der Waals surface area contributed by atoms with Crippen molar-refractivity contribution in [2.75, 3.05) is 6.54 Å². The van der Waals surface area contributed by atoms with E-state index in [1.54, 1.807) is 11.1 Å². The van der Waals surface area contributed by atoms with Crippen LogP contribution in [0.5, 0.6) is 0 Å². The third-order valence-corrected chi connectivity index (χ3v) is 7.08. The fourth-order valence-electron chi connectivity index (χ4n) is 5.11. The van der Waals surface area contributed by atoms with Crippen molar-refractivity contribution in [3.8, 4) is 0 Å². The molecule has 0 saturated heterocycles. The maximum absolute atomic E-state index is 10.7. The molecule has 1 aliphatic carbocycles. The molecule has 0 unspecified atom stereocenters. The molecule has 184 valence electrons. The maximum atomic E-state index is 10.7. The summed E-state index contributed by atoms with van der Waals surface area (Å²) >= 11 is 0. The van der Waals surface area contributed by atoms with Crippen LogP contribution in [0.2, 0.25) is 0 Å². The van der Waals surface area contributed by atoms with Gasteiger partial charge in [-0.1, -0.05) is 76.7 Å². The van der Waals surface area contributed by atoms with Crippen molar-refractivity contribution in [1.82, 2.24) is 10.9 Å². The van der Waals surface area contributed by atoms with Gasteiger partial charge in [-0.15, -0.1) is 0 Å². The van der Waals surface area contributed by atoms with E-state index in [2.05, 4.69) is 16.9 Å². The number of allylic oxidation sites excluding steroid dienone is 4. The number of carboxylic acid groups (broad SMARTS) is 1. The minimum Gasteiger partial charge on any atom is -0.481 e. The van der Waals surface area contributed by atoms with Gasteiger partial charge >= 0.3 is 5.97 Å². The summed E-state index contributed by atoms with van der Waals surface area (Å²) in [4.78, 5) is 10.7. The number of hydrogen-bond donors (Lipinski definition) is 3. The Morgan fingerprint density at radius 3 is 2.16 bits per heavy atom. The SMILES string of the molecule is O=C(O)CCCCCCCC1=C(C2=CCCCCCCCCC2)CCCCCCCNN1. The molecule has 0 spiro atoms. The zero-order valence-electron chi connectivity index (χ0n) is 20.7. The van der Waals surface area contributed by atoms with Gasteiger partial charge in [0.05, 0.1) is 0 Å². The number of unbranched alkanes of at least 4 members (excludes halogenated alkanes) is 4. The molecule has 0 aromatic carbocycles. The molecule has 2 aliphatic rings. The summed E-state index contributed by atoms with van der Waals surface area (Å²) in [6, 6.07) is 0. The third-order valence-electron chi connectivity index (χ3n) is 7.08. The van der Waals surface area contributed by atoms with Crippen molar-refractivity contribution >= 4 is 5.97 Å². The fraction of sp³-hybridized carbons (Fsp3) is 0.821. The maximum Gasteiger partial charge on any atom is 0.303 e. The van der Waals surface area contributed by atoms with Gasteiger partial charge in [-0.3, -0.25) is 4.79 Å².